The van der Waals surface area contributed by atoms with Crippen LogP contribution in [0.1, 0.15) is 38.8 Å². The van der Waals surface area contributed by atoms with Crippen LogP contribution in [0.25, 0.3) is 0 Å². The Balaban J connectivity index is 1.63. The average Bonchev–Trinajstić information content (AvgIpc) is 2.68. The smallest absolute Gasteiger partial charge is 0.335 e. The molecular weight excluding hydrogens is 374 g/mol. The van der Waals surface area contributed by atoms with E-state index in [9.17, 15) is 9.59 Å². The van der Waals surface area contributed by atoms with Crippen molar-refractivity contribution in [2.75, 3.05) is 0 Å². The van der Waals surface area contributed by atoms with Crippen LogP contribution in [0.15, 0.2) is 70.7 Å². The Morgan fingerprint density at radius 2 is 1.79 bits per heavy atom. The zero-order chi connectivity index (χ0) is 20.1. The number of carbonyl (C=O) groups is 2. The van der Waals surface area contributed by atoms with E-state index in [0.717, 1.165) is 21.8 Å². The molecule has 0 bridgehead atoms. The van der Waals surface area contributed by atoms with Gasteiger partial charge in [-0.05, 0) is 67.4 Å². The highest BCUT2D eigenvalue weighted by Gasteiger charge is 2.07. The lowest BCUT2D eigenvalue weighted by atomic mass is 10.1. The number of rotatable bonds is 7. The maximum atomic E-state index is 11.4. The minimum absolute atomic E-state index is 0.0334. The molecule has 2 aromatic carbocycles. The highest BCUT2D eigenvalue weighted by molar-refractivity contribution is 7.99. The summed E-state index contributed by atoms with van der Waals surface area (Å²) in [5, 5.41) is 9.69. The summed E-state index contributed by atoms with van der Waals surface area (Å²) in [6, 6.07) is 16.3. The number of Topliss-reactive ketones (excluding diaryl/α,β-unsaturated/α-hetero) is 1. The first-order valence-electron chi connectivity index (χ1n) is 8.63. The average molecular weight is 393 g/mol. The van der Waals surface area contributed by atoms with E-state index in [4.69, 9.17) is 9.84 Å². The largest absolute Gasteiger partial charge is 0.489 e. The molecule has 142 valence electrons. The zero-order valence-corrected chi connectivity index (χ0v) is 16.3. The predicted octanol–water partition coefficient (Wildman–Crippen LogP) is 5.02. The standard InChI is InChI=1S/C22H19NO4S/c1-14-11-17(15(2)24)5-8-20(14)27-13-16-3-6-19(7-4-16)28-21-12-18(22(25)26)9-10-23-21/h3-12H,13H2,1-2H3,(H,25,26). The Labute approximate surface area is 167 Å². The number of carbonyl (C=O) groups excluding carboxylic acids is 1. The molecule has 0 atom stereocenters. The monoisotopic (exact) mass is 393 g/mol. The maximum Gasteiger partial charge on any atom is 0.335 e. The second-order valence-electron chi connectivity index (χ2n) is 6.26. The Bertz CT molecular complexity index is 1020. The molecule has 6 heteroatoms. The molecule has 0 fully saturated rings. The molecular formula is C22H19NO4S. The van der Waals surface area contributed by atoms with Crippen LogP contribution in [0.2, 0.25) is 0 Å². The number of aromatic nitrogens is 1. The molecule has 0 unspecified atom stereocenters. The quantitative estimate of drug-likeness (QED) is 0.568. The van der Waals surface area contributed by atoms with Crippen molar-refractivity contribution in [3.63, 3.8) is 0 Å². The van der Waals surface area contributed by atoms with Gasteiger partial charge in [-0.1, -0.05) is 23.9 Å². The summed E-state index contributed by atoms with van der Waals surface area (Å²) in [5.74, 6) is -0.187. The van der Waals surface area contributed by atoms with Crippen molar-refractivity contribution in [2.24, 2.45) is 0 Å². The van der Waals surface area contributed by atoms with Crippen LogP contribution in [0, 0.1) is 6.92 Å². The van der Waals surface area contributed by atoms with Crippen molar-refractivity contribution in [3.05, 3.63) is 83.0 Å². The maximum absolute atomic E-state index is 11.4. The highest BCUT2D eigenvalue weighted by atomic mass is 32.2. The van der Waals surface area contributed by atoms with Gasteiger partial charge in [0.05, 0.1) is 5.56 Å². The highest BCUT2D eigenvalue weighted by Crippen LogP contribution is 2.27. The van der Waals surface area contributed by atoms with E-state index in [1.54, 1.807) is 19.1 Å². The molecule has 0 saturated heterocycles. The van der Waals surface area contributed by atoms with Crippen LogP contribution in [-0.4, -0.2) is 21.8 Å². The van der Waals surface area contributed by atoms with E-state index >= 15 is 0 Å². The fourth-order valence-corrected chi connectivity index (χ4v) is 3.38. The molecule has 1 heterocycles. The Morgan fingerprint density at radius 3 is 2.43 bits per heavy atom. The number of ether oxygens (including phenoxy) is 1. The van der Waals surface area contributed by atoms with Gasteiger partial charge in [0.1, 0.15) is 17.4 Å². The molecule has 3 rings (SSSR count). The summed E-state index contributed by atoms with van der Waals surface area (Å²) in [7, 11) is 0. The van der Waals surface area contributed by atoms with Crippen LogP contribution in [0.5, 0.6) is 5.75 Å². The van der Waals surface area contributed by atoms with Crippen LogP contribution < -0.4 is 4.74 Å². The summed E-state index contributed by atoms with van der Waals surface area (Å²) < 4.78 is 5.86. The molecule has 0 spiro atoms. The lowest BCUT2D eigenvalue weighted by Gasteiger charge is -2.10. The van der Waals surface area contributed by atoms with E-state index in [1.165, 1.54) is 24.0 Å². The number of carboxylic acid groups (broad SMARTS) is 1. The van der Waals surface area contributed by atoms with E-state index in [1.807, 2.05) is 43.3 Å². The van der Waals surface area contributed by atoms with Crippen molar-refractivity contribution < 1.29 is 19.4 Å². The second-order valence-corrected chi connectivity index (χ2v) is 7.35. The third kappa shape index (κ3) is 4.98. The molecule has 0 radical (unpaired) electrons. The molecule has 0 amide bonds. The van der Waals surface area contributed by atoms with Crippen molar-refractivity contribution in [1.82, 2.24) is 4.98 Å². The number of ketones is 1. The summed E-state index contributed by atoms with van der Waals surface area (Å²) >= 11 is 1.40. The van der Waals surface area contributed by atoms with Crippen molar-refractivity contribution in [3.8, 4) is 5.75 Å². The Kier molecular flexibility index (Phi) is 6.11. The molecule has 3 aromatic rings. The summed E-state index contributed by atoms with van der Waals surface area (Å²) in [6.45, 7) is 3.88. The van der Waals surface area contributed by atoms with Gasteiger partial charge in [-0.25, -0.2) is 9.78 Å². The summed E-state index contributed by atoms with van der Waals surface area (Å²) in [4.78, 5) is 27.6. The Morgan fingerprint density at radius 1 is 1.04 bits per heavy atom. The molecule has 0 aliphatic carbocycles. The second kappa shape index (κ2) is 8.71. The van der Waals surface area contributed by atoms with Crippen LogP contribution in [0.4, 0.5) is 0 Å². The summed E-state index contributed by atoms with van der Waals surface area (Å²) in [5.41, 5.74) is 2.82. The van der Waals surface area contributed by atoms with Crippen molar-refractivity contribution >= 4 is 23.5 Å². The van der Waals surface area contributed by atoms with Gasteiger partial charge in [-0.2, -0.15) is 0 Å². The third-order valence-corrected chi connectivity index (χ3v) is 5.04. The van der Waals surface area contributed by atoms with E-state index in [-0.39, 0.29) is 11.3 Å². The van der Waals surface area contributed by atoms with Gasteiger partial charge >= 0.3 is 5.97 Å². The number of hydrogen-bond acceptors (Lipinski definition) is 5. The molecule has 28 heavy (non-hydrogen) atoms. The van der Waals surface area contributed by atoms with Gasteiger partial charge in [0, 0.05) is 16.7 Å². The van der Waals surface area contributed by atoms with E-state index in [0.29, 0.717) is 17.2 Å². The molecule has 1 aromatic heterocycles. The minimum Gasteiger partial charge on any atom is -0.489 e. The van der Waals surface area contributed by atoms with Crippen LogP contribution in [-0.2, 0) is 6.61 Å². The fraction of sp³-hybridized carbons (Fsp3) is 0.136. The minimum atomic E-state index is -0.969. The van der Waals surface area contributed by atoms with Gasteiger partial charge in [0.2, 0.25) is 0 Å². The molecule has 0 saturated carbocycles. The number of aromatic carboxylic acids is 1. The normalized spacial score (nSPS) is 10.5. The Hall–Kier alpha value is -3.12. The first kappa shape index (κ1) is 19.6. The zero-order valence-electron chi connectivity index (χ0n) is 15.5. The number of pyridine rings is 1. The van der Waals surface area contributed by atoms with Crippen molar-refractivity contribution in [2.45, 2.75) is 30.4 Å². The van der Waals surface area contributed by atoms with Crippen LogP contribution in [0.3, 0.4) is 0 Å². The fourth-order valence-electron chi connectivity index (χ4n) is 2.56. The van der Waals surface area contributed by atoms with Gasteiger partial charge in [-0.3, -0.25) is 4.79 Å². The number of benzene rings is 2. The van der Waals surface area contributed by atoms with Crippen LogP contribution >= 0.6 is 11.8 Å². The summed E-state index contributed by atoms with van der Waals surface area (Å²) in [6.07, 6.45) is 1.49. The predicted molar refractivity (Wildman–Crippen MR) is 107 cm³/mol. The lowest BCUT2D eigenvalue weighted by Crippen LogP contribution is -1.99. The SMILES string of the molecule is CC(=O)c1ccc(OCc2ccc(Sc3cc(C(=O)O)ccn3)cc2)c(C)c1. The van der Waals surface area contributed by atoms with Gasteiger partial charge in [0.25, 0.3) is 0 Å². The van der Waals surface area contributed by atoms with E-state index < -0.39 is 5.97 Å². The molecule has 5 nitrogen and oxygen atoms in total. The lowest BCUT2D eigenvalue weighted by molar-refractivity contribution is 0.0696. The van der Waals surface area contributed by atoms with Gasteiger partial charge in [0.15, 0.2) is 5.78 Å². The molecule has 0 aliphatic rings. The third-order valence-electron chi connectivity index (χ3n) is 4.10. The molecule has 0 aliphatic heterocycles. The number of carboxylic acids is 1. The molecule has 1 N–H and O–H groups in total. The first-order chi connectivity index (χ1) is 13.4. The number of hydrogen-bond donors (Lipinski definition) is 1. The first-order valence-corrected chi connectivity index (χ1v) is 9.44. The van der Waals surface area contributed by atoms with Crippen molar-refractivity contribution in [1.29, 1.82) is 0 Å². The number of aryl methyl sites for hydroxylation is 1. The van der Waals surface area contributed by atoms with Gasteiger partial charge in [-0.15, -0.1) is 0 Å². The number of nitrogens with zero attached hydrogens (tertiary/aromatic N) is 1. The van der Waals surface area contributed by atoms with E-state index in [2.05, 4.69) is 4.98 Å². The topological polar surface area (TPSA) is 76.5 Å². The van der Waals surface area contributed by atoms with Gasteiger partial charge < -0.3 is 9.84 Å².